The Labute approximate surface area is 132 Å². The van der Waals surface area contributed by atoms with E-state index in [0.29, 0.717) is 16.5 Å². The lowest BCUT2D eigenvalue weighted by molar-refractivity contribution is 0.0984. The molecule has 0 atom stereocenters. The van der Waals surface area contributed by atoms with Crippen LogP contribution in [0.2, 0.25) is 0 Å². The maximum absolute atomic E-state index is 12.6. The molecule has 1 amide bonds. The minimum Gasteiger partial charge on any atom is -0.388 e. The fourth-order valence-electron chi connectivity index (χ4n) is 2.18. The lowest BCUT2D eigenvalue weighted by atomic mass is 10.2. The number of amides is 1. The van der Waals surface area contributed by atoms with Gasteiger partial charge >= 0.3 is 11.6 Å². The van der Waals surface area contributed by atoms with Crippen molar-refractivity contribution in [3.8, 4) is 12.3 Å². The van der Waals surface area contributed by atoms with Crippen LogP contribution in [0.25, 0.3) is 10.9 Å². The highest BCUT2D eigenvalue weighted by atomic mass is 16.4. The third-order valence-corrected chi connectivity index (χ3v) is 3.27. The molecule has 0 aliphatic carbocycles. The van der Waals surface area contributed by atoms with Crippen molar-refractivity contribution in [1.82, 2.24) is 4.98 Å². The van der Waals surface area contributed by atoms with Gasteiger partial charge in [-0.25, -0.2) is 9.69 Å². The first-order valence-electron chi connectivity index (χ1n) is 6.91. The highest BCUT2D eigenvalue weighted by Crippen LogP contribution is 2.16. The molecule has 0 saturated heterocycles. The van der Waals surface area contributed by atoms with Crippen molar-refractivity contribution < 1.29 is 9.21 Å². The van der Waals surface area contributed by atoms with Crippen LogP contribution in [0.5, 0.6) is 0 Å². The summed E-state index contributed by atoms with van der Waals surface area (Å²) in [5.41, 5.74) is 0.315. The second-order valence-corrected chi connectivity index (χ2v) is 4.76. The van der Waals surface area contributed by atoms with E-state index in [1.807, 2.05) is 0 Å². The molecular formula is C18H12N2O3. The Hall–Kier alpha value is -3.39. The van der Waals surface area contributed by atoms with Crippen LogP contribution in [-0.4, -0.2) is 17.4 Å². The number of anilines is 1. The topological polar surface area (TPSA) is 63.4 Å². The summed E-state index contributed by atoms with van der Waals surface area (Å²) in [5, 5.41) is 0.351. The molecule has 5 nitrogen and oxygen atoms in total. The van der Waals surface area contributed by atoms with E-state index >= 15 is 0 Å². The van der Waals surface area contributed by atoms with Gasteiger partial charge in [0.15, 0.2) is 0 Å². The molecule has 0 unspecified atom stereocenters. The lowest BCUT2D eigenvalue weighted by Crippen LogP contribution is -2.32. The van der Waals surface area contributed by atoms with Crippen molar-refractivity contribution in [1.29, 1.82) is 0 Å². The summed E-state index contributed by atoms with van der Waals surface area (Å²) in [4.78, 5) is 30.1. The van der Waals surface area contributed by atoms with Crippen LogP contribution in [0, 0.1) is 12.3 Å². The molecule has 3 aromatic rings. The van der Waals surface area contributed by atoms with Crippen LogP contribution < -0.4 is 10.5 Å². The SMILES string of the molecule is C#CCN(C(=O)c1ccccc1)c1nc2ccccc2c(=O)o1. The first-order valence-corrected chi connectivity index (χ1v) is 6.91. The fraction of sp³-hybridized carbons (Fsp3) is 0.0556. The van der Waals surface area contributed by atoms with Crippen molar-refractivity contribution in [3.63, 3.8) is 0 Å². The first-order chi connectivity index (χ1) is 11.2. The Morgan fingerprint density at radius 1 is 1.13 bits per heavy atom. The quantitative estimate of drug-likeness (QED) is 0.697. The van der Waals surface area contributed by atoms with Gasteiger partial charge < -0.3 is 4.42 Å². The standard InChI is InChI=1S/C18H12N2O3/c1-2-12-20(16(21)13-8-4-3-5-9-13)18-19-15-11-7-6-10-14(15)17(22)23-18/h1,3-11H,12H2. The Bertz CT molecular complexity index is 955. The maximum Gasteiger partial charge on any atom is 0.348 e. The molecule has 0 aliphatic heterocycles. The number of fused-ring (bicyclic) bond motifs is 1. The zero-order valence-corrected chi connectivity index (χ0v) is 12.1. The van der Waals surface area contributed by atoms with Gasteiger partial charge in [0, 0.05) is 5.56 Å². The monoisotopic (exact) mass is 304 g/mol. The predicted octanol–water partition coefficient (Wildman–Crippen LogP) is 2.47. The molecule has 112 valence electrons. The number of hydrogen-bond donors (Lipinski definition) is 0. The van der Waals surface area contributed by atoms with Crippen LogP contribution in [0.15, 0.2) is 63.8 Å². The van der Waals surface area contributed by atoms with Crippen LogP contribution in [0.1, 0.15) is 10.4 Å². The normalized spacial score (nSPS) is 10.2. The van der Waals surface area contributed by atoms with Crippen molar-refractivity contribution >= 4 is 22.8 Å². The van der Waals surface area contributed by atoms with E-state index in [1.165, 1.54) is 4.90 Å². The van der Waals surface area contributed by atoms with Gasteiger partial charge in [0.1, 0.15) is 0 Å². The summed E-state index contributed by atoms with van der Waals surface area (Å²) in [6.07, 6.45) is 5.34. The van der Waals surface area contributed by atoms with Gasteiger partial charge in [-0.3, -0.25) is 4.79 Å². The van der Waals surface area contributed by atoms with E-state index in [-0.39, 0.29) is 18.5 Å². The molecule has 0 N–H and O–H groups in total. The number of rotatable bonds is 3. The molecule has 0 saturated carbocycles. The predicted molar refractivity (Wildman–Crippen MR) is 87.2 cm³/mol. The van der Waals surface area contributed by atoms with Crippen LogP contribution in [0.3, 0.4) is 0 Å². The summed E-state index contributed by atoms with van der Waals surface area (Å²) < 4.78 is 5.19. The van der Waals surface area contributed by atoms with Crippen molar-refractivity contribution in [2.45, 2.75) is 0 Å². The van der Waals surface area contributed by atoms with Crippen LogP contribution in [-0.2, 0) is 0 Å². The van der Waals surface area contributed by atoms with E-state index in [0.717, 1.165) is 0 Å². The lowest BCUT2D eigenvalue weighted by Gasteiger charge is -2.17. The largest absolute Gasteiger partial charge is 0.388 e. The molecule has 1 aromatic heterocycles. The first kappa shape index (κ1) is 14.5. The Balaban J connectivity index is 2.10. The zero-order chi connectivity index (χ0) is 16.2. The van der Waals surface area contributed by atoms with E-state index in [1.54, 1.807) is 54.6 Å². The van der Waals surface area contributed by atoms with Gasteiger partial charge in [-0.05, 0) is 24.3 Å². The molecule has 0 spiro atoms. The summed E-state index contributed by atoms with van der Waals surface area (Å²) in [6.45, 7) is -0.0536. The molecule has 1 heterocycles. The fourth-order valence-corrected chi connectivity index (χ4v) is 2.18. The second kappa shape index (κ2) is 6.16. The molecule has 5 heteroatoms. The Morgan fingerprint density at radius 2 is 1.83 bits per heavy atom. The molecule has 0 bridgehead atoms. The summed E-state index contributed by atoms with van der Waals surface area (Å²) >= 11 is 0. The number of aromatic nitrogens is 1. The molecule has 0 aliphatic rings. The van der Waals surface area contributed by atoms with E-state index in [9.17, 15) is 9.59 Å². The van der Waals surface area contributed by atoms with E-state index in [2.05, 4.69) is 10.9 Å². The molecule has 3 rings (SSSR count). The van der Waals surface area contributed by atoms with E-state index < -0.39 is 5.63 Å². The van der Waals surface area contributed by atoms with Crippen LogP contribution >= 0.6 is 0 Å². The number of hydrogen-bond acceptors (Lipinski definition) is 4. The average Bonchev–Trinajstić information content (AvgIpc) is 2.60. The minimum absolute atomic E-state index is 0.0536. The third-order valence-electron chi connectivity index (χ3n) is 3.27. The molecular weight excluding hydrogens is 292 g/mol. The van der Waals surface area contributed by atoms with Crippen molar-refractivity contribution in [3.05, 3.63) is 70.6 Å². The maximum atomic E-state index is 12.6. The smallest absolute Gasteiger partial charge is 0.348 e. The van der Waals surface area contributed by atoms with E-state index in [4.69, 9.17) is 10.8 Å². The number of benzene rings is 2. The van der Waals surface area contributed by atoms with Gasteiger partial charge in [0.25, 0.3) is 5.91 Å². The van der Waals surface area contributed by atoms with Crippen LogP contribution in [0.4, 0.5) is 6.01 Å². The number of carbonyl (C=O) groups is 1. The van der Waals surface area contributed by atoms with Gasteiger partial charge in [0.2, 0.25) is 0 Å². The molecule has 2 aromatic carbocycles. The number of carbonyl (C=O) groups excluding carboxylic acids is 1. The number of terminal acetylenes is 1. The molecule has 0 fully saturated rings. The molecule has 23 heavy (non-hydrogen) atoms. The Kier molecular flexibility index (Phi) is 3.89. The van der Waals surface area contributed by atoms with Crippen molar-refractivity contribution in [2.75, 3.05) is 11.4 Å². The Morgan fingerprint density at radius 3 is 2.57 bits per heavy atom. The summed E-state index contributed by atoms with van der Waals surface area (Å²) in [7, 11) is 0. The van der Waals surface area contributed by atoms with Gasteiger partial charge in [-0.1, -0.05) is 36.3 Å². The van der Waals surface area contributed by atoms with Crippen molar-refractivity contribution in [2.24, 2.45) is 0 Å². The highest BCUT2D eigenvalue weighted by Gasteiger charge is 2.21. The summed E-state index contributed by atoms with van der Waals surface area (Å²) in [6, 6.07) is 15.3. The second-order valence-electron chi connectivity index (χ2n) is 4.76. The number of nitrogens with zero attached hydrogens (tertiary/aromatic N) is 2. The third kappa shape index (κ3) is 2.83. The van der Waals surface area contributed by atoms with Gasteiger partial charge in [0.05, 0.1) is 17.4 Å². The average molecular weight is 304 g/mol. The minimum atomic E-state index is -0.562. The number of para-hydroxylation sites is 1. The highest BCUT2D eigenvalue weighted by molar-refractivity contribution is 6.05. The summed E-state index contributed by atoms with van der Waals surface area (Å²) in [5.74, 6) is 2.01. The van der Waals surface area contributed by atoms with Gasteiger partial charge in [-0.2, -0.15) is 4.98 Å². The molecule has 0 radical (unpaired) electrons. The van der Waals surface area contributed by atoms with Gasteiger partial charge in [-0.15, -0.1) is 6.42 Å². The zero-order valence-electron chi connectivity index (χ0n) is 12.1.